The van der Waals surface area contributed by atoms with Crippen molar-refractivity contribution in [2.24, 2.45) is 0 Å². The standard InChI is InChI=1S/C12H10.C5H4O2/c1-3-7-11(8-4-1)12-9-5-2-6-10-12;6-4-5-2-1-3-7-5/h1-10H;1-4H. The van der Waals surface area contributed by atoms with E-state index in [-0.39, 0.29) is 0 Å². The molecule has 2 nitrogen and oxygen atoms in total. The molecule has 0 spiro atoms. The summed E-state index contributed by atoms with van der Waals surface area (Å²) in [5.41, 5.74) is 2.55. The maximum absolute atomic E-state index is 9.77. The molecule has 0 unspecified atom stereocenters. The van der Waals surface area contributed by atoms with Gasteiger partial charge >= 0.3 is 0 Å². The zero-order valence-corrected chi connectivity index (χ0v) is 10.4. The van der Waals surface area contributed by atoms with Crippen molar-refractivity contribution >= 4 is 6.29 Å². The summed E-state index contributed by atoms with van der Waals surface area (Å²) in [7, 11) is 0. The summed E-state index contributed by atoms with van der Waals surface area (Å²) in [6.45, 7) is 0. The van der Waals surface area contributed by atoms with Crippen LogP contribution in [0.2, 0.25) is 0 Å². The van der Waals surface area contributed by atoms with Gasteiger partial charge in [-0.15, -0.1) is 0 Å². The molecule has 0 radical (unpaired) electrons. The van der Waals surface area contributed by atoms with Gasteiger partial charge in [-0.1, -0.05) is 60.7 Å². The number of aldehydes is 1. The second kappa shape index (κ2) is 6.97. The highest BCUT2D eigenvalue weighted by Gasteiger charge is 1.91. The Morgan fingerprint density at radius 3 is 1.53 bits per heavy atom. The molecular weight excluding hydrogens is 236 g/mol. The normalized spacial score (nSPS) is 9.26. The van der Waals surface area contributed by atoms with E-state index in [0.717, 1.165) is 0 Å². The molecule has 0 aliphatic carbocycles. The summed E-state index contributed by atoms with van der Waals surface area (Å²) < 4.78 is 4.61. The van der Waals surface area contributed by atoms with Gasteiger partial charge in [0.15, 0.2) is 12.0 Å². The molecule has 0 aliphatic rings. The third-order valence-corrected chi connectivity index (χ3v) is 2.54. The number of furan rings is 1. The fourth-order valence-electron chi connectivity index (χ4n) is 1.62. The highest BCUT2D eigenvalue weighted by molar-refractivity contribution is 5.69. The van der Waals surface area contributed by atoms with Crippen molar-refractivity contribution in [1.82, 2.24) is 0 Å². The molecule has 0 saturated carbocycles. The summed E-state index contributed by atoms with van der Waals surface area (Å²) in [4.78, 5) is 9.77. The molecule has 2 aromatic carbocycles. The first-order chi connectivity index (χ1) is 9.40. The molecule has 94 valence electrons. The molecule has 1 heterocycles. The molecule has 0 saturated heterocycles. The molecular formula is C17H14O2. The second-order valence-electron chi connectivity index (χ2n) is 3.87. The van der Waals surface area contributed by atoms with E-state index in [4.69, 9.17) is 0 Å². The molecule has 0 aliphatic heterocycles. The third kappa shape index (κ3) is 3.96. The summed E-state index contributed by atoms with van der Waals surface area (Å²) in [6, 6.07) is 24.1. The largest absolute Gasteiger partial charge is 0.462 e. The Morgan fingerprint density at radius 1 is 0.684 bits per heavy atom. The average molecular weight is 250 g/mol. The zero-order valence-electron chi connectivity index (χ0n) is 10.4. The van der Waals surface area contributed by atoms with Gasteiger partial charge in [0.2, 0.25) is 0 Å². The number of benzene rings is 2. The fraction of sp³-hybridized carbons (Fsp3) is 0. The predicted octanol–water partition coefficient (Wildman–Crippen LogP) is 4.45. The lowest BCUT2D eigenvalue weighted by Crippen LogP contribution is -1.73. The van der Waals surface area contributed by atoms with Crippen molar-refractivity contribution in [2.45, 2.75) is 0 Å². The van der Waals surface area contributed by atoms with Gasteiger partial charge in [0.1, 0.15) is 0 Å². The average Bonchev–Trinajstić information content (AvgIpc) is 3.03. The predicted molar refractivity (Wildman–Crippen MR) is 76.0 cm³/mol. The van der Waals surface area contributed by atoms with Gasteiger partial charge < -0.3 is 4.42 Å². The van der Waals surface area contributed by atoms with Gasteiger partial charge in [0.25, 0.3) is 0 Å². The van der Waals surface area contributed by atoms with E-state index in [1.807, 2.05) is 12.1 Å². The lowest BCUT2D eigenvalue weighted by Gasteiger charge is -1.98. The number of carbonyl (C=O) groups excluding carboxylic acids is 1. The summed E-state index contributed by atoms with van der Waals surface area (Å²) in [5, 5.41) is 0. The molecule has 1 aromatic heterocycles. The van der Waals surface area contributed by atoms with Crippen LogP contribution in [-0.2, 0) is 0 Å². The monoisotopic (exact) mass is 250 g/mol. The first-order valence-electron chi connectivity index (χ1n) is 5.99. The fourth-order valence-corrected chi connectivity index (χ4v) is 1.62. The van der Waals surface area contributed by atoms with E-state index in [1.54, 1.807) is 12.1 Å². The van der Waals surface area contributed by atoms with Gasteiger partial charge in [0.05, 0.1) is 6.26 Å². The topological polar surface area (TPSA) is 30.2 Å². The highest BCUT2D eigenvalue weighted by Crippen LogP contribution is 2.17. The number of hydrogen-bond donors (Lipinski definition) is 0. The van der Waals surface area contributed by atoms with Crippen molar-refractivity contribution in [2.75, 3.05) is 0 Å². The van der Waals surface area contributed by atoms with Crippen LogP contribution in [0.3, 0.4) is 0 Å². The Kier molecular flexibility index (Phi) is 4.71. The van der Waals surface area contributed by atoms with Crippen molar-refractivity contribution in [3.05, 3.63) is 84.8 Å². The van der Waals surface area contributed by atoms with Gasteiger partial charge in [-0.2, -0.15) is 0 Å². The lowest BCUT2D eigenvalue weighted by atomic mass is 10.1. The van der Waals surface area contributed by atoms with Crippen molar-refractivity contribution < 1.29 is 9.21 Å². The van der Waals surface area contributed by atoms with Crippen LogP contribution in [0.25, 0.3) is 11.1 Å². The van der Waals surface area contributed by atoms with Crippen LogP contribution in [-0.4, -0.2) is 6.29 Å². The van der Waals surface area contributed by atoms with Crippen LogP contribution in [0.4, 0.5) is 0 Å². The smallest absolute Gasteiger partial charge is 0.185 e. The van der Waals surface area contributed by atoms with E-state index < -0.39 is 0 Å². The van der Waals surface area contributed by atoms with Crippen LogP contribution in [0, 0.1) is 0 Å². The number of rotatable bonds is 2. The summed E-state index contributed by atoms with van der Waals surface area (Å²) >= 11 is 0. The molecule has 0 amide bonds. The van der Waals surface area contributed by atoms with Crippen molar-refractivity contribution in [3.63, 3.8) is 0 Å². The van der Waals surface area contributed by atoms with Gasteiger partial charge in [-0.3, -0.25) is 4.79 Å². The van der Waals surface area contributed by atoms with Crippen LogP contribution in [0.5, 0.6) is 0 Å². The summed E-state index contributed by atoms with van der Waals surface area (Å²) in [5.74, 6) is 0.375. The van der Waals surface area contributed by atoms with Crippen LogP contribution >= 0.6 is 0 Å². The van der Waals surface area contributed by atoms with Gasteiger partial charge in [0, 0.05) is 0 Å². The van der Waals surface area contributed by atoms with E-state index in [2.05, 4.69) is 52.9 Å². The quantitative estimate of drug-likeness (QED) is 0.629. The van der Waals surface area contributed by atoms with Gasteiger partial charge in [-0.25, -0.2) is 0 Å². The van der Waals surface area contributed by atoms with E-state index in [1.165, 1.54) is 17.4 Å². The van der Waals surface area contributed by atoms with Crippen LogP contribution < -0.4 is 0 Å². The molecule has 19 heavy (non-hydrogen) atoms. The van der Waals surface area contributed by atoms with Crippen molar-refractivity contribution in [1.29, 1.82) is 0 Å². The van der Waals surface area contributed by atoms with E-state index in [9.17, 15) is 4.79 Å². The Balaban J connectivity index is 0.000000163. The zero-order chi connectivity index (χ0) is 13.3. The third-order valence-electron chi connectivity index (χ3n) is 2.54. The number of hydrogen-bond acceptors (Lipinski definition) is 2. The second-order valence-corrected chi connectivity index (χ2v) is 3.87. The number of carbonyl (C=O) groups is 1. The Morgan fingerprint density at radius 2 is 1.21 bits per heavy atom. The SMILES string of the molecule is O=Cc1ccco1.c1ccc(-c2ccccc2)cc1. The Hall–Kier alpha value is -2.61. The minimum atomic E-state index is 0.375. The van der Waals surface area contributed by atoms with Crippen molar-refractivity contribution in [3.8, 4) is 11.1 Å². The first-order valence-corrected chi connectivity index (χ1v) is 5.99. The Labute approximate surface area is 112 Å². The molecule has 0 N–H and O–H groups in total. The Bertz CT molecular complexity index is 546. The molecule has 3 aromatic rings. The molecule has 0 atom stereocenters. The maximum atomic E-state index is 9.77. The molecule has 0 fully saturated rings. The molecule has 2 heteroatoms. The first kappa shape index (κ1) is 12.8. The molecule has 0 bridgehead atoms. The molecule has 3 rings (SSSR count). The highest BCUT2D eigenvalue weighted by atomic mass is 16.3. The van der Waals surface area contributed by atoms with Gasteiger partial charge in [-0.05, 0) is 23.3 Å². The van der Waals surface area contributed by atoms with Crippen LogP contribution in [0.1, 0.15) is 10.6 Å². The van der Waals surface area contributed by atoms with E-state index >= 15 is 0 Å². The lowest BCUT2D eigenvalue weighted by molar-refractivity contribution is 0.110. The minimum Gasteiger partial charge on any atom is -0.462 e. The maximum Gasteiger partial charge on any atom is 0.185 e. The minimum absolute atomic E-state index is 0.375. The van der Waals surface area contributed by atoms with E-state index in [0.29, 0.717) is 12.0 Å². The summed E-state index contributed by atoms with van der Waals surface area (Å²) in [6.07, 6.45) is 2.13. The van der Waals surface area contributed by atoms with Crippen LogP contribution in [0.15, 0.2) is 83.5 Å².